The highest BCUT2D eigenvalue weighted by atomic mass is 32.1. The van der Waals surface area contributed by atoms with Crippen molar-refractivity contribution in [2.45, 2.75) is 6.92 Å². The molecule has 1 N–H and O–H groups in total. The van der Waals surface area contributed by atoms with Gasteiger partial charge in [0.2, 0.25) is 0 Å². The van der Waals surface area contributed by atoms with E-state index in [2.05, 4.69) is 4.98 Å². The van der Waals surface area contributed by atoms with Crippen LogP contribution in [-0.4, -0.2) is 10.1 Å². The predicted molar refractivity (Wildman–Crippen MR) is 63.7 cm³/mol. The van der Waals surface area contributed by atoms with Gasteiger partial charge in [0.15, 0.2) is 5.06 Å². The second-order valence-electron chi connectivity index (χ2n) is 3.56. The van der Waals surface area contributed by atoms with Gasteiger partial charge >= 0.3 is 0 Å². The fourth-order valence-electron chi connectivity index (χ4n) is 1.65. The number of thiazole rings is 1. The van der Waals surface area contributed by atoms with Gasteiger partial charge in [0.05, 0.1) is 11.3 Å². The number of hydrogen-bond donors (Lipinski definition) is 1. The van der Waals surface area contributed by atoms with Crippen LogP contribution in [0.15, 0.2) is 34.9 Å². The van der Waals surface area contributed by atoms with E-state index in [1.165, 1.54) is 11.3 Å². The molecule has 2 aromatic heterocycles. The van der Waals surface area contributed by atoms with E-state index < -0.39 is 0 Å². The zero-order valence-corrected chi connectivity index (χ0v) is 9.41. The molecule has 2 heterocycles. The highest BCUT2D eigenvalue weighted by Crippen LogP contribution is 2.36. The van der Waals surface area contributed by atoms with Crippen molar-refractivity contribution in [2.24, 2.45) is 0 Å². The predicted octanol–water partition coefficient (Wildman–Crippen LogP) is 3.57. The summed E-state index contributed by atoms with van der Waals surface area (Å²) < 4.78 is 5.44. The Bertz CT molecular complexity index is 634. The van der Waals surface area contributed by atoms with Gasteiger partial charge in [0, 0.05) is 5.39 Å². The zero-order valence-electron chi connectivity index (χ0n) is 8.60. The molecule has 0 unspecified atom stereocenters. The van der Waals surface area contributed by atoms with Crippen LogP contribution < -0.4 is 0 Å². The first-order chi connectivity index (χ1) is 7.75. The molecule has 3 nitrogen and oxygen atoms in total. The third-order valence-corrected chi connectivity index (χ3v) is 3.48. The van der Waals surface area contributed by atoms with Gasteiger partial charge in [0.1, 0.15) is 16.9 Å². The summed E-state index contributed by atoms with van der Waals surface area (Å²) in [6.45, 7) is 1.79. The van der Waals surface area contributed by atoms with Crippen LogP contribution >= 0.6 is 11.3 Å². The first kappa shape index (κ1) is 9.42. The van der Waals surface area contributed by atoms with Crippen LogP contribution in [0.5, 0.6) is 5.06 Å². The number of hydrogen-bond acceptors (Lipinski definition) is 4. The lowest BCUT2D eigenvalue weighted by molar-refractivity contribution is 0.485. The van der Waals surface area contributed by atoms with Gasteiger partial charge in [-0.05, 0) is 13.0 Å². The minimum Gasteiger partial charge on any atom is -0.498 e. The van der Waals surface area contributed by atoms with Crippen LogP contribution in [0.4, 0.5) is 0 Å². The number of para-hydroxylation sites is 1. The fourth-order valence-corrected chi connectivity index (χ4v) is 2.47. The lowest BCUT2D eigenvalue weighted by Gasteiger charge is -1.90. The standard InChI is InChI=1S/C12H9NO2S/c1-7-12(14)16-11(13-7)9-6-15-10-5-3-2-4-8(9)10/h2-6,14H,1H3. The van der Waals surface area contributed by atoms with Crippen molar-refractivity contribution in [1.29, 1.82) is 0 Å². The molecule has 0 aliphatic rings. The summed E-state index contributed by atoms with van der Waals surface area (Å²) >= 11 is 1.27. The van der Waals surface area contributed by atoms with E-state index in [4.69, 9.17) is 4.42 Å². The molecule has 3 aromatic rings. The van der Waals surface area contributed by atoms with Crippen molar-refractivity contribution in [3.63, 3.8) is 0 Å². The molecule has 0 aliphatic carbocycles. The largest absolute Gasteiger partial charge is 0.498 e. The molecule has 0 saturated heterocycles. The minimum absolute atomic E-state index is 0.264. The lowest BCUT2D eigenvalue weighted by atomic mass is 10.2. The maximum Gasteiger partial charge on any atom is 0.195 e. The van der Waals surface area contributed by atoms with Crippen LogP contribution in [0.2, 0.25) is 0 Å². The molecule has 0 radical (unpaired) electrons. The third kappa shape index (κ3) is 1.31. The minimum atomic E-state index is 0.264. The Labute approximate surface area is 96.0 Å². The molecule has 0 saturated carbocycles. The second kappa shape index (κ2) is 3.35. The third-order valence-electron chi connectivity index (χ3n) is 2.48. The van der Waals surface area contributed by atoms with Gasteiger partial charge in [-0.15, -0.1) is 0 Å². The number of aromatic hydroxyl groups is 1. The monoisotopic (exact) mass is 231 g/mol. The van der Waals surface area contributed by atoms with E-state index in [0.717, 1.165) is 21.5 Å². The summed E-state index contributed by atoms with van der Waals surface area (Å²) in [7, 11) is 0. The highest BCUT2D eigenvalue weighted by Gasteiger charge is 2.13. The molecule has 0 fully saturated rings. The Morgan fingerprint density at radius 3 is 2.88 bits per heavy atom. The van der Waals surface area contributed by atoms with Crippen molar-refractivity contribution in [1.82, 2.24) is 4.98 Å². The quantitative estimate of drug-likeness (QED) is 0.696. The molecule has 4 heteroatoms. The number of benzene rings is 1. The zero-order chi connectivity index (χ0) is 11.1. The number of rotatable bonds is 1. The first-order valence-electron chi connectivity index (χ1n) is 4.88. The van der Waals surface area contributed by atoms with Gasteiger partial charge in [-0.25, -0.2) is 4.98 Å². The summed E-state index contributed by atoms with van der Waals surface area (Å²) in [5, 5.41) is 11.6. The summed E-state index contributed by atoms with van der Waals surface area (Å²) in [6.07, 6.45) is 1.68. The molecule has 0 spiro atoms. The topological polar surface area (TPSA) is 46.3 Å². The molecule has 3 rings (SSSR count). The van der Waals surface area contributed by atoms with Crippen LogP contribution in [0.3, 0.4) is 0 Å². The van der Waals surface area contributed by atoms with Crippen LogP contribution in [0.1, 0.15) is 5.69 Å². The number of aryl methyl sites for hydroxylation is 1. The Balaban J connectivity index is 2.26. The van der Waals surface area contributed by atoms with E-state index in [1.54, 1.807) is 13.2 Å². The van der Waals surface area contributed by atoms with Crippen molar-refractivity contribution < 1.29 is 9.52 Å². The number of nitrogens with zero attached hydrogens (tertiary/aromatic N) is 1. The molecule has 80 valence electrons. The van der Waals surface area contributed by atoms with Crippen molar-refractivity contribution in [3.8, 4) is 15.6 Å². The Morgan fingerprint density at radius 2 is 2.12 bits per heavy atom. The van der Waals surface area contributed by atoms with Crippen molar-refractivity contribution >= 4 is 22.3 Å². The number of furan rings is 1. The van der Waals surface area contributed by atoms with Gasteiger partial charge in [-0.2, -0.15) is 0 Å². The average Bonchev–Trinajstić information content (AvgIpc) is 2.83. The van der Waals surface area contributed by atoms with Gasteiger partial charge < -0.3 is 9.52 Å². The van der Waals surface area contributed by atoms with Crippen molar-refractivity contribution in [2.75, 3.05) is 0 Å². The summed E-state index contributed by atoms with van der Waals surface area (Å²) in [6, 6.07) is 7.79. The maximum atomic E-state index is 9.54. The fraction of sp³-hybridized carbons (Fsp3) is 0.0833. The normalized spacial score (nSPS) is 11.1. The number of aromatic nitrogens is 1. The first-order valence-corrected chi connectivity index (χ1v) is 5.70. The van der Waals surface area contributed by atoms with E-state index in [9.17, 15) is 5.11 Å². The van der Waals surface area contributed by atoms with Gasteiger partial charge in [-0.1, -0.05) is 29.5 Å². The summed E-state index contributed by atoms with van der Waals surface area (Å²) in [5.41, 5.74) is 2.43. The SMILES string of the molecule is Cc1nc(-c2coc3ccccc23)sc1O. The maximum absolute atomic E-state index is 9.54. The summed E-state index contributed by atoms with van der Waals surface area (Å²) in [5.74, 6) is 0. The van der Waals surface area contributed by atoms with Gasteiger partial charge in [0.25, 0.3) is 0 Å². The summed E-state index contributed by atoms with van der Waals surface area (Å²) in [4.78, 5) is 4.31. The Kier molecular flexibility index (Phi) is 1.97. The van der Waals surface area contributed by atoms with E-state index in [0.29, 0.717) is 5.69 Å². The van der Waals surface area contributed by atoms with E-state index >= 15 is 0 Å². The molecule has 0 aliphatic heterocycles. The van der Waals surface area contributed by atoms with Crippen LogP contribution in [0.25, 0.3) is 21.5 Å². The lowest BCUT2D eigenvalue weighted by Crippen LogP contribution is -1.74. The Hall–Kier alpha value is -1.81. The molecular weight excluding hydrogens is 222 g/mol. The average molecular weight is 231 g/mol. The van der Waals surface area contributed by atoms with Gasteiger partial charge in [-0.3, -0.25) is 0 Å². The molecule has 16 heavy (non-hydrogen) atoms. The molecule has 0 atom stereocenters. The molecule has 1 aromatic carbocycles. The number of fused-ring (bicyclic) bond motifs is 1. The highest BCUT2D eigenvalue weighted by molar-refractivity contribution is 7.16. The second-order valence-corrected chi connectivity index (χ2v) is 4.53. The van der Waals surface area contributed by atoms with Crippen molar-refractivity contribution in [3.05, 3.63) is 36.2 Å². The smallest absolute Gasteiger partial charge is 0.195 e. The van der Waals surface area contributed by atoms with E-state index in [-0.39, 0.29) is 5.06 Å². The molecule has 0 bridgehead atoms. The van der Waals surface area contributed by atoms with Crippen LogP contribution in [0, 0.1) is 6.92 Å². The molecular formula is C12H9NO2S. The molecule has 0 amide bonds. The Morgan fingerprint density at radius 1 is 1.31 bits per heavy atom. The van der Waals surface area contributed by atoms with Crippen LogP contribution in [-0.2, 0) is 0 Å². The van der Waals surface area contributed by atoms with E-state index in [1.807, 2.05) is 24.3 Å².